The number of aliphatic hydroxyl groups excluding tert-OH is 2. The molecule has 4 heteroatoms. The van der Waals surface area contributed by atoms with Gasteiger partial charge in [0.2, 0.25) is 0 Å². The van der Waals surface area contributed by atoms with Gasteiger partial charge in [0.1, 0.15) is 0 Å². The molecule has 3 unspecified atom stereocenters. The molecule has 1 aromatic rings. The summed E-state index contributed by atoms with van der Waals surface area (Å²) in [5.74, 6) is 0.612. The van der Waals surface area contributed by atoms with Crippen LogP contribution in [0.15, 0.2) is 24.3 Å². The Labute approximate surface area is 126 Å². The number of benzene rings is 1. The normalized spacial score (nSPS) is 28.3. The first kappa shape index (κ1) is 15.8. The average Bonchev–Trinajstić information content (AvgIpc) is 2.45. The van der Waals surface area contributed by atoms with E-state index >= 15 is 0 Å². The molecule has 112 valence electrons. The molecule has 0 bridgehead atoms. The first-order valence-corrected chi connectivity index (χ1v) is 7.72. The van der Waals surface area contributed by atoms with Gasteiger partial charge in [0, 0.05) is 22.7 Å². The van der Waals surface area contributed by atoms with Crippen molar-refractivity contribution in [2.45, 2.75) is 44.2 Å². The molecule has 1 aliphatic rings. The predicted octanol–water partition coefficient (Wildman–Crippen LogP) is 2.90. The zero-order valence-electron chi connectivity index (χ0n) is 12.0. The molecular formula is C16H24ClNO2. The molecule has 3 nitrogen and oxygen atoms in total. The molecule has 0 aliphatic heterocycles. The van der Waals surface area contributed by atoms with Gasteiger partial charge >= 0.3 is 0 Å². The summed E-state index contributed by atoms with van der Waals surface area (Å²) < 4.78 is 0. The highest BCUT2D eigenvalue weighted by Crippen LogP contribution is 2.32. The number of rotatable bonds is 5. The number of hydrogen-bond donors (Lipinski definition) is 3. The molecule has 0 saturated heterocycles. The summed E-state index contributed by atoms with van der Waals surface area (Å²) in [5.41, 5.74) is 0.485. The molecule has 0 amide bonds. The van der Waals surface area contributed by atoms with Crippen LogP contribution in [0, 0.1) is 5.92 Å². The number of aliphatic hydroxyl groups is 2. The number of halogens is 1. The molecule has 3 N–H and O–H groups in total. The van der Waals surface area contributed by atoms with Crippen molar-refractivity contribution >= 4 is 11.6 Å². The van der Waals surface area contributed by atoms with Gasteiger partial charge < -0.3 is 15.5 Å². The van der Waals surface area contributed by atoms with Crippen LogP contribution in [-0.2, 0) is 0 Å². The van der Waals surface area contributed by atoms with E-state index in [1.165, 1.54) is 6.42 Å². The van der Waals surface area contributed by atoms with E-state index in [4.69, 9.17) is 11.6 Å². The Morgan fingerprint density at radius 1 is 1.45 bits per heavy atom. The molecule has 0 spiro atoms. The Hall–Kier alpha value is -0.610. The topological polar surface area (TPSA) is 52.5 Å². The highest BCUT2D eigenvalue weighted by molar-refractivity contribution is 6.31. The average molecular weight is 298 g/mol. The maximum absolute atomic E-state index is 10.3. The van der Waals surface area contributed by atoms with Crippen LogP contribution < -0.4 is 5.32 Å². The number of β-amino-alcohol motifs (C(OH)–C–C–N with tert-alkyl or cyclic N) is 1. The SMILES string of the molecule is CC1CCCC(CO)(NCC(O)c2ccccc2Cl)C1. The van der Waals surface area contributed by atoms with Gasteiger partial charge in [0.25, 0.3) is 0 Å². The van der Waals surface area contributed by atoms with Crippen LogP contribution in [0.5, 0.6) is 0 Å². The first-order valence-electron chi connectivity index (χ1n) is 7.35. The lowest BCUT2D eigenvalue weighted by Gasteiger charge is -2.40. The molecule has 1 aliphatic carbocycles. The second kappa shape index (κ2) is 6.90. The summed E-state index contributed by atoms with van der Waals surface area (Å²) in [6, 6.07) is 7.34. The largest absolute Gasteiger partial charge is 0.394 e. The highest BCUT2D eigenvalue weighted by atomic mass is 35.5. The zero-order valence-corrected chi connectivity index (χ0v) is 12.7. The lowest BCUT2D eigenvalue weighted by molar-refractivity contribution is 0.0790. The van der Waals surface area contributed by atoms with Crippen LogP contribution in [0.4, 0.5) is 0 Å². The summed E-state index contributed by atoms with van der Waals surface area (Å²) in [6.07, 6.45) is 3.61. The minimum atomic E-state index is -0.649. The Balaban J connectivity index is 1.98. The van der Waals surface area contributed by atoms with Crippen molar-refractivity contribution in [3.8, 4) is 0 Å². The molecule has 0 radical (unpaired) electrons. The second-order valence-corrected chi connectivity index (χ2v) is 6.47. The first-order chi connectivity index (χ1) is 9.56. The Morgan fingerprint density at radius 3 is 2.85 bits per heavy atom. The van der Waals surface area contributed by atoms with E-state index < -0.39 is 6.10 Å². The highest BCUT2D eigenvalue weighted by Gasteiger charge is 2.34. The third-order valence-corrected chi connectivity index (χ3v) is 4.67. The smallest absolute Gasteiger partial charge is 0.0928 e. The van der Waals surface area contributed by atoms with Crippen molar-refractivity contribution < 1.29 is 10.2 Å². The lowest BCUT2D eigenvalue weighted by atomic mass is 9.76. The molecule has 1 saturated carbocycles. The van der Waals surface area contributed by atoms with Crippen molar-refractivity contribution in [3.05, 3.63) is 34.9 Å². The van der Waals surface area contributed by atoms with Crippen molar-refractivity contribution in [2.75, 3.05) is 13.2 Å². The van der Waals surface area contributed by atoms with Gasteiger partial charge in [0.15, 0.2) is 0 Å². The third kappa shape index (κ3) is 3.73. The van der Waals surface area contributed by atoms with E-state index in [1.807, 2.05) is 18.2 Å². The Bertz CT molecular complexity index is 440. The molecule has 0 heterocycles. The Morgan fingerprint density at radius 2 is 2.20 bits per heavy atom. The molecule has 20 heavy (non-hydrogen) atoms. The molecule has 0 aromatic heterocycles. The van der Waals surface area contributed by atoms with Crippen molar-refractivity contribution in [3.63, 3.8) is 0 Å². The van der Waals surface area contributed by atoms with Crippen LogP contribution in [0.1, 0.15) is 44.3 Å². The van der Waals surface area contributed by atoms with E-state index in [2.05, 4.69) is 12.2 Å². The van der Waals surface area contributed by atoms with E-state index in [0.29, 0.717) is 17.5 Å². The zero-order chi connectivity index (χ0) is 14.6. The Kier molecular flexibility index (Phi) is 5.44. The lowest BCUT2D eigenvalue weighted by Crippen LogP contribution is -2.52. The monoisotopic (exact) mass is 297 g/mol. The molecular weight excluding hydrogens is 274 g/mol. The van der Waals surface area contributed by atoms with Gasteiger partial charge in [-0.1, -0.05) is 49.6 Å². The van der Waals surface area contributed by atoms with E-state index in [-0.39, 0.29) is 12.1 Å². The van der Waals surface area contributed by atoms with Gasteiger partial charge in [-0.15, -0.1) is 0 Å². The third-order valence-electron chi connectivity index (χ3n) is 4.33. The van der Waals surface area contributed by atoms with Crippen molar-refractivity contribution in [1.29, 1.82) is 0 Å². The van der Waals surface area contributed by atoms with Gasteiger partial charge in [0.05, 0.1) is 12.7 Å². The van der Waals surface area contributed by atoms with Crippen LogP contribution in [0.25, 0.3) is 0 Å². The van der Waals surface area contributed by atoms with Crippen LogP contribution in [0.2, 0.25) is 5.02 Å². The van der Waals surface area contributed by atoms with Crippen LogP contribution in [-0.4, -0.2) is 28.9 Å². The van der Waals surface area contributed by atoms with Gasteiger partial charge in [-0.05, 0) is 24.8 Å². The summed E-state index contributed by atoms with van der Waals surface area (Å²) >= 11 is 6.10. The van der Waals surface area contributed by atoms with Gasteiger partial charge in [-0.25, -0.2) is 0 Å². The summed E-state index contributed by atoms with van der Waals surface area (Å²) in [6.45, 7) is 2.75. The van der Waals surface area contributed by atoms with Crippen molar-refractivity contribution in [1.82, 2.24) is 5.32 Å². The fraction of sp³-hybridized carbons (Fsp3) is 0.625. The fourth-order valence-electron chi connectivity index (χ4n) is 3.19. The van der Waals surface area contributed by atoms with Gasteiger partial charge in [-0.3, -0.25) is 0 Å². The quantitative estimate of drug-likeness (QED) is 0.783. The summed E-state index contributed by atoms with van der Waals surface area (Å²) in [7, 11) is 0. The molecule has 1 fully saturated rings. The predicted molar refractivity (Wildman–Crippen MR) is 81.9 cm³/mol. The maximum Gasteiger partial charge on any atom is 0.0928 e. The van der Waals surface area contributed by atoms with E-state index in [9.17, 15) is 10.2 Å². The number of hydrogen-bond acceptors (Lipinski definition) is 3. The van der Waals surface area contributed by atoms with Crippen LogP contribution in [0.3, 0.4) is 0 Å². The molecule has 3 atom stereocenters. The standard InChI is InChI=1S/C16H24ClNO2/c1-12-5-4-8-16(9-12,11-19)18-10-15(20)13-6-2-3-7-14(13)17/h2-3,6-7,12,15,18-20H,4-5,8-11H2,1H3. The second-order valence-electron chi connectivity index (χ2n) is 6.06. The number of nitrogens with one attached hydrogen (secondary N) is 1. The maximum atomic E-state index is 10.3. The fourth-order valence-corrected chi connectivity index (χ4v) is 3.45. The molecule has 2 rings (SSSR count). The summed E-state index contributed by atoms with van der Waals surface area (Å²) in [4.78, 5) is 0. The van der Waals surface area contributed by atoms with Crippen LogP contribution >= 0.6 is 11.6 Å². The van der Waals surface area contributed by atoms with Gasteiger partial charge in [-0.2, -0.15) is 0 Å². The molecule has 1 aromatic carbocycles. The van der Waals surface area contributed by atoms with Crippen molar-refractivity contribution in [2.24, 2.45) is 5.92 Å². The summed E-state index contributed by atoms with van der Waals surface area (Å²) in [5, 5.41) is 24.0. The van der Waals surface area contributed by atoms with E-state index in [1.54, 1.807) is 6.07 Å². The minimum Gasteiger partial charge on any atom is -0.394 e. The van der Waals surface area contributed by atoms with E-state index in [0.717, 1.165) is 24.8 Å². The minimum absolute atomic E-state index is 0.118.